The maximum atomic E-state index is 12.5. The monoisotopic (exact) mass is 335 g/mol. The van der Waals surface area contributed by atoms with E-state index in [0.29, 0.717) is 15.6 Å². The first-order valence-corrected chi connectivity index (χ1v) is 8.32. The number of rotatable bonds is 6. The summed E-state index contributed by atoms with van der Waals surface area (Å²) in [7, 11) is 0. The average molecular weight is 335 g/mol. The van der Waals surface area contributed by atoms with Gasteiger partial charge in [0.15, 0.2) is 0 Å². The molecule has 0 spiro atoms. The van der Waals surface area contributed by atoms with Gasteiger partial charge in [-0.25, -0.2) is 4.79 Å². The molecular weight excluding hydrogens is 318 g/mol. The van der Waals surface area contributed by atoms with E-state index in [1.807, 2.05) is 37.3 Å². The molecule has 6 heteroatoms. The van der Waals surface area contributed by atoms with Crippen molar-refractivity contribution in [3.63, 3.8) is 0 Å². The van der Waals surface area contributed by atoms with Gasteiger partial charge in [0.2, 0.25) is 0 Å². The molecule has 1 aromatic carbocycles. The third-order valence-electron chi connectivity index (χ3n) is 3.35. The van der Waals surface area contributed by atoms with Crippen LogP contribution in [-0.2, 0) is 9.59 Å². The number of carbonyl (C=O) groups is 2. The molecule has 1 atom stereocenters. The predicted octanol–water partition coefficient (Wildman–Crippen LogP) is 3.53. The Labute approximate surface area is 139 Å². The summed E-state index contributed by atoms with van der Waals surface area (Å²) in [6.45, 7) is 1.98. The zero-order valence-electron chi connectivity index (χ0n) is 12.2. The van der Waals surface area contributed by atoms with Crippen molar-refractivity contribution < 1.29 is 14.7 Å². The number of carboxylic acid groups (broad SMARTS) is 1. The largest absolute Gasteiger partial charge is 0.480 e. The van der Waals surface area contributed by atoms with E-state index in [4.69, 9.17) is 12.2 Å². The molecule has 1 amide bonds. The molecule has 1 N–H and O–H groups in total. The van der Waals surface area contributed by atoms with Crippen LogP contribution in [0.3, 0.4) is 0 Å². The van der Waals surface area contributed by atoms with Crippen LogP contribution in [-0.4, -0.2) is 32.2 Å². The van der Waals surface area contributed by atoms with Crippen LogP contribution in [0.25, 0.3) is 6.08 Å². The minimum Gasteiger partial charge on any atom is -0.480 e. The van der Waals surface area contributed by atoms with Gasteiger partial charge in [-0.3, -0.25) is 9.69 Å². The lowest BCUT2D eigenvalue weighted by Gasteiger charge is -2.22. The molecule has 116 valence electrons. The molecule has 4 nitrogen and oxygen atoms in total. The second-order valence-corrected chi connectivity index (χ2v) is 6.63. The van der Waals surface area contributed by atoms with Crippen LogP contribution in [0.5, 0.6) is 0 Å². The number of carbonyl (C=O) groups excluding carboxylic acids is 1. The molecule has 2 rings (SSSR count). The molecule has 22 heavy (non-hydrogen) atoms. The van der Waals surface area contributed by atoms with Gasteiger partial charge in [-0.2, -0.15) is 0 Å². The van der Waals surface area contributed by atoms with Crippen molar-refractivity contribution in [3.05, 3.63) is 40.8 Å². The number of aliphatic carboxylic acids is 1. The molecule has 1 unspecified atom stereocenters. The van der Waals surface area contributed by atoms with Gasteiger partial charge in [-0.15, -0.1) is 0 Å². The van der Waals surface area contributed by atoms with Crippen LogP contribution in [0.1, 0.15) is 31.7 Å². The smallest absolute Gasteiger partial charge is 0.326 e. The Morgan fingerprint density at radius 3 is 2.68 bits per heavy atom. The fourth-order valence-electron chi connectivity index (χ4n) is 2.21. The SMILES string of the molecule is CCCCC(C(=O)O)N1C(=O)C(=Cc2ccccc2)SC1=S. The van der Waals surface area contributed by atoms with Crippen molar-refractivity contribution in [2.45, 2.75) is 32.2 Å². The Balaban J connectivity index is 2.24. The van der Waals surface area contributed by atoms with Crippen molar-refractivity contribution >= 4 is 46.3 Å². The second-order valence-electron chi connectivity index (χ2n) is 4.96. The van der Waals surface area contributed by atoms with Crippen LogP contribution in [0.4, 0.5) is 0 Å². The van der Waals surface area contributed by atoms with E-state index in [-0.39, 0.29) is 5.91 Å². The fourth-order valence-corrected chi connectivity index (χ4v) is 3.57. The minimum atomic E-state index is -1.01. The molecule has 0 saturated carbocycles. The highest BCUT2D eigenvalue weighted by Crippen LogP contribution is 2.34. The highest BCUT2D eigenvalue weighted by Gasteiger charge is 2.39. The number of unbranched alkanes of at least 4 members (excludes halogenated alkanes) is 1. The van der Waals surface area contributed by atoms with Crippen molar-refractivity contribution in [1.82, 2.24) is 4.90 Å². The first kappa shape index (κ1) is 16.7. The van der Waals surface area contributed by atoms with E-state index in [0.717, 1.165) is 30.2 Å². The zero-order valence-corrected chi connectivity index (χ0v) is 13.8. The molecule has 0 radical (unpaired) electrons. The maximum absolute atomic E-state index is 12.5. The molecule has 1 aromatic rings. The number of carboxylic acids is 1. The third kappa shape index (κ3) is 3.75. The lowest BCUT2D eigenvalue weighted by molar-refractivity contribution is -0.145. The highest BCUT2D eigenvalue weighted by atomic mass is 32.2. The minimum absolute atomic E-state index is 0.315. The molecule has 1 aliphatic heterocycles. The number of nitrogens with zero attached hydrogens (tertiary/aromatic N) is 1. The maximum Gasteiger partial charge on any atom is 0.326 e. The third-order valence-corrected chi connectivity index (χ3v) is 4.68. The second kappa shape index (κ2) is 7.56. The molecule has 1 saturated heterocycles. The van der Waals surface area contributed by atoms with E-state index in [1.54, 1.807) is 6.08 Å². The molecule has 0 bridgehead atoms. The lowest BCUT2D eigenvalue weighted by atomic mass is 10.1. The molecule has 0 aliphatic carbocycles. The summed E-state index contributed by atoms with van der Waals surface area (Å²) in [5, 5.41) is 9.39. The number of hydrogen-bond acceptors (Lipinski definition) is 4. The van der Waals surface area contributed by atoms with Gasteiger partial charge in [0.25, 0.3) is 5.91 Å². The van der Waals surface area contributed by atoms with Crippen LogP contribution in [0, 0.1) is 0 Å². The summed E-state index contributed by atoms with van der Waals surface area (Å²) < 4.78 is 0.315. The van der Waals surface area contributed by atoms with Crippen LogP contribution < -0.4 is 0 Å². The number of benzene rings is 1. The summed E-state index contributed by atoms with van der Waals surface area (Å²) in [6.07, 6.45) is 3.78. The van der Waals surface area contributed by atoms with Crippen molar-refractivity contribution in [2.75, 3.05) is 0 Å². The molecular formula is C16H17NO3S2. The molecule has 1 heterocycles. The van der Waals surface area contributed by atoms with E-state index in [9.17, 15) is 14.7 Å². The van der Waals surface area contributed by atoms with Crippen LogP contribution >= 0.6 is 24.0 Å². The zero-order chi connectivity index (χ0) is 16.1. The Hall–Kier alpha value is -1.66. The topological polar surface area (TPSA) is 57.6 Å². The van der Waals surface area contributed by atoms with Gasteiger partial charge in [-0.1, -0.05) is 74.1 Å². The number of hydrogen-bond donors (Lipinski definition) is 1. The number of thiocarbonyl (C=S) groups is 1. The Kier molecular flexibility index (Phi) is 5.74. The standard InChI is InChI=1S/C16H17NO3S2/c1-2-3-9-12(15(19)20)17-14(18)13(22-16(17)21)10-11-7-5-4-6-8-11/h4-8,10,12H,2-3,9H2,1H3,(H,19,20). The lowest BCUT2D eigenvalue weighted by Crippen LogP contribution is -2.43. The summed E-state index contributed by atoms with van der Waals surface area (Å²) >= 11 is 6.38. The normalized spacial score (nSPS) is 18.0. The summed E-state index contributed by atoms with van der Waals surface area (Å²) in [4.78, 5) is 25.7. The quantitative estimate of drug-likeness (QED) is 0.636. The Morgan fingerprint density at radius 2 is 2.09 bits per heavy atom. The summed E-state index contributed by atoms with van der Waals surface area (Å²) in [5.74, 6) is -1.33. The summed E-state index contributed by atoms with van der Waals surface area (Å²) in [6, 6.07) is 8.56. The summed E-state index contributed by atoms with van der Waals surface area (Å²) in [5.41, 5.74) is 0.892. The van der Waals surface area contributed by atoms with Gasteiger partial charge in [0, 0.05) is 0 Å². The average Bonchev–Trinajstić information content (AvgIpc) is 2.76. The van der Waals surface area contributed by atoms with Gasteiger partial charge < -0.3 is 5.11 Å². The van der Waals surface area contributed by atoms with Gasteiger partial charge in [0.05, 0.1) is 4.91 Å². The molecule has 1 fully saturated rings. The first-order valence-electron chi connectivity index (χ1n) is 7.09. The van der Waals surface area contributed by atoms with Crippen LogP contribution in [0.15, 0.2) is 35.2 Å². The van der Waals surface area contributed by atoms with E-state index >= 15 is 0 Å². The van der Waals surface area contributed by atoms with E-state index in [1.165, 1.54) is 4.90 Å². The van der Waals surface area contributed by atoms with Gasteiger partial charge in [0.1, 0.15) is 10.4 Å². The Morgan fingerprint density at radius 1 is 1.41 bits per heavy atom. The van der Waals surface area contributed by atoms with Crippen molar-refractivity contribution in [2.24, 2.45) is 0 Å². The molecule has 0 aromatic heterocycles. The van der Waals surface area contributed by atoms with Crippen LogP contribution in [0.2, 0.25) is 0 Å². The van der Waals surface area contributed by atoms with Gasteiger partial charge >= 0.3 is 5.97 Å². The first-order chi connectivity index (χ1) is 10.5. The molecule has 1 aliphatic rings. The van der Waals surface area contributed by atoms with E-state index < -0.39 is 12.0 Å². The van der Waals surface area contributed by atoms with Crippen molar-refractivity contribution in [1.29, 1.82) is 0 Å². The fraction of sp³-hybridized carbons (Fsp3) is 0.312. The highest BCUT2D eigenvalue weighted by molar-refractivity contribution is 8.26. The number of thioether (sulfide) groups is 1. The Bertz CT molecular complexity index is 613. The van der Waals surface area contributed by atoms with Gasteiger partial charge in [-0.05, 0) is 18.1 Å². The van der Waals surface area contributed by atoms with Crippen molar-refractivity contribution in [3.8, 4) is 0 Å². The predicted molar refractivity (Wildman–Crippen MR) is 92.4 cm³/mol. The number of amides is 1. The van der Waals surface area contributed by atoms with E-state index in [2.05, 4.69) is 0 Å².